The summed E-state index contributed by atoms with van der Waals surface area (Å²) < 4.78 is 27.2. The van der Waals surface area contributed by atoms with Gasteiger partial charge in [-0.25, -0.2) is 8.42 Å². The van der Waals surface area contributed by atoms with Gasteiger partial charge in [0, 0.05) is 42.6 Å². The number of nitrogens with one attached hydrogen (secondary N) is 2. The van der Waals surface area contributed by atoms with Crippen LogP contribution in [0.2, 0.25) is 0 Å². The summed E-state index contributed by atoms with van der Waals surface area (Å²) in [7, 11) is -0.590. The molecule has 9 nitrogen and oxygen atoms in total. The molecular formula is C28H41N3O6S. The van der Waals surface area contributed by atoms with E-state index in [1.165, 1.54) is 70.3 Å². The molecule has 0 radical (unpaired) electrons. The normalized spacial score (nSPS) is 17.8. The molecule has 0 aromatic heterocycles. The number of rotatable bonds is 9. The zero-order chi connectivity index (χ0) is 27.7. The third kappa shape index (κ3) is 8.41. The van der Waals surface area contributed by atoms with Gasteiger partial charge in [0.1, 0.15) is 6.04 Å². The van der Waals surface area contributed by atoms with Crippen molar-refractivity contribution in [2.24, 2.45) is 0 Å². The van der Waals surface area contributed by atoms with E-state index in [0.717, 1.165) is 17.8 Å². The van der Waals surface area contributed by atoms with E-state index in [-0.39, 0.29) is 4.90 Å². The summed E-state index contributed by atoms with van der Waals surface area (Å²) in [6.45, 7) is 0. The van der Waals surface area contributed by atoms with Crippen LogP contribution in [0.4, 0.5) is 5.69 Å². The van der Waals surface area contributed by atoms with Gasteiger partial charge in [-0.3, -0.25) is 9.59 Å². The summed E-state index contributed by atoms with van der Waals surface area (Å²) in [6, 6.07) is 9.79. The third-order valence-corrected chi connectivity index (χ3v) is 8.82. The number of hydrogen-bond donors (Lipinski definition) is 4. The van der Waals surface area contributed by atoms with E-state index in [1.807, 2.05) is 29.8 Å². The first-order valence-electron chi connectivity index (χ1n) is 13.5. The minimum Gasteiger partial charge on any atom is -0.481 e. The predicted molar refractivity (Wildman–Crippen MR) is 149 cm³/mol. The molecule has 4 N–H and O–H groups in total. The van der Waals surface area contributed by atoms with E-state index in [9.17, 15) is 18.0 Å². The van der Waals surface area contributed by atoms with Gasteiger partial charge in [-0.15, -0.1) is 0 Å². The van der Waals surface area contributed by atoms with Crippen LogP contribution in [0, 0.1) is 0 Å². The quantitative estimate of drug-likeness (QED) is 0.364. The number of carbonyl (C=O) groups is 2. The number of sulfonamides is 1. The van der Waals surface area contributed by atoms with Crippen LogP contribution in [0.5, 0.6) is 0 Å². The van der Waals surface area contributed by atoms with Crippen LogP contribution in [-0.2, 0) is 19.6 Å². The lowest BCUT2D eigenvalue weighted by atomic mass is 9.91. The van der Waals surface area contributed by atoms with Crippen LogP contribution >= 0.6 is 0 Å². The Morgan fingerprint density at radius 3 is 1.89 bits per heavy atom. The molecule has 1 atom stereocenters. The Labute approximate surface area is 225 Å². The Bertz CT molecular complexity index is 1170. The number of carboxylic acid groups (broad SMARTS) is 2. The van der Waals surface area contributed by atoms with Crippen molar-refractivity contribution >= 4 is 38.4 Å². The van der Waals surface area contributed by atoms with Crippen LogP contribution in [0.15, 0.2) is 41.3 Å². The Kier molecular flexibility index (Phi) is 10.9. The summed E-state index contributed by atoms with van der Waals surface area (Å²) in [5, 5.41) is 22.8. The standard InChI is InChI=1S/C16H18N2O6S.C12H23N/c1-18(2)13-7-3-6-11-10(13)5-4-8-14(11)25(23,24)17-12(16(21)22)9-15(19)20;1-3-7-11(8-4-1)13-12-9-5-2-6-10-12/h3-8,12,17H,9H2,1-2H3,(H,19,20)(H,21,22);11-13H,1-10H2. The van der Waals surface area contributed by atoms with Gasteiger partial charge in [-0.2, -0.15) is 4.72 Å². The number of carboxylic acids is 2. The molecule has 0 amide bonds. The van der Waals surface area contributed by atoms with Gasteiger partial charge in [-0.05, 0) is 37.8 Å². The van der Waals surface area contributed by atoms with Gasteiger partial charge >= 0.3 is 11.9 Å². The number of fused-ring (bicyclic) bond motifs is 1. The minimum absolute atomic E-state index is 0.106. The zero-order valence-electron chi connectivity index (χ0n) is 22.4. The molecule has 0 saturated heterocycles. The molecule has 210 valence electrons. The first kappa shape index (κ1) is 29.9. The monoisotopic (exact) mass is 547 g/mol. The molecule has 0 aliphatic heterocycles. The second-order valence-corrected chi connectivity index (χ2v) is 12.2. The van der Waals surface area contributed by atoms with Crippen molar-refractivity contribution in [1.29, 1.82) is 0 Å². The molecule has 2 aromatic rings. The van der Waals surface area contributed by atoms with E-state index in [1.54, 1.807) is 24.3 Å². The van der Waals surface area contributed by atoms with Crippen molar-refractivity contribution in [2.75, 3.05) is 19.0 Å². The molecule has 38 heavy (non-hydrogen) atoms. The van der Waals surface area contributed by atoms with Crippen LogP contribution < -0.4 is 14.9 Å². The van der Waals surface area contributed by atoms with Crippen molar-refractivity contribution in [3.8, 4) is 0 Å². The highest BCUT2D eigenvalue weighted by molar-refractivity contribution is 7.89. The van der Waals surface area contributed by atoms with E-state index in [4.69, 9.17) is 10.2 Å². The molecule has 0 heterocycles. The van der Waals surface area contributed by atoms with Gasteiger partial charge < -0.3 is 20.4 Å². The number of anilines is 1. The summed E-state index contributed by atoms with van der Waals surface area (Å²) in [5.74, 6) is -2.97. The summed E-state index contributed by atoms with van der Waals surface area (Å²) in [4.78, 5) is 23.6. The summed E-state index contributed by atoms with van der Waals surface area (Å²) in [6.07, 6.45) is 13.7. The maximum Gasteiger partial charge on any atom is 0.322 e. The lowest BCUT2D eigenvalue weighted by Crippen LogP contribution is -2.42. The first-order valence-corrected chi connectivity index (χ1v) is 15.0. The molecule has 2 aliphatic rings. The van der Waals surface area contributed by atoms with E-state index in [0.29, 0.717) is 10.8 Å². The van der Waals surface area contributed by atoms with E-state index >= 15 is 0 Å². The van der Waals surface area contributed by atoms with E-state index < -0.39 is 34.4 Å². The van der Waals surface area contributed by atoms with Crippen LogP contribution in [0.3, 0.4) is 0 Å². The smallest absolute Gasteiger partial charge is 0.322 e. The van der Waals surface area contributed by atoms with Gasteiger partial charge in [-0.1, -0.05) is 62.8 Å². The number of hydrogen-bond acceptors (Lipinski definition) is 6. The Morgan fingerprint density at radius 1 is 0.868 bits per heavy atom. The minimum atomic E-state index is -4.23. The fourth-order valence-electron chi connectivity index (χ4n) is 5.37. The van der Waals surface area contributed by atoms with Gasteiger partial charge in [0.05, 0.1) is 11.3 Å². The average Bonchev–Trinajstić information content (AvgIpc) is 2.88. The zero-order valence-corrected chi connectivity index (χ0v) is 23.2. The van der Waals surface area contributed by atoms with Crippen molar-refractivity contribution < 1.29 is 28.2 Å². The van der Waals surface area contributed by atoms with Crippen molar-refractivity contribution in [1.82, 2.24) is 10.0 Å². The second-order valence-electron chi connectivity index (χ2n) is 10.5. The molecule has 2 aliphatic carbocycles. The first-order chi connectivity index (χ1) is 18.1. The van der Waals surface area contributed by atoms with Crippen molar-refractivity contribution in [3.05, 3.63) is 36.4 Å². The highest BCUT2D eigenvalue weighted by Crippen LogP contribution is 2.30. The molecule has 1 unspecified atom stereocenters. The largest absolute Gasteiger partial charge is 0.481 e. The maximum atomic E-state index is 12.6. The summed E-state index contributed by atoms with van der Waals surface area (Å²) in [5.41, 5.74) is 0.801. The van der Waals surface area contributed by atoms with Gasteiger partial charge in [0.15, 0.2) is 0 Å². The van der Waals surface area contributed by atoms with E-state index in [2.05, 4.69) is 5.32 Å². The molecule has 2 aromatic carbocycles. The average molecular weight is 548 g/mol. The predicted octanol–water partition coefficient (Wildman–Crippen LogP) is 4.35. The molecule has 2 fully saturated rings. The maximum absolute atomic E-state index is 12.6. The molecule has 2 saturated carbocycles. The molecular weight excluding hydrogens is 506 g/mol. The van der Waals surface area contributed by atoms with Crippen LogP contribution in [0.25, 0.3) is 10.8 Å². The van der Waals surface area contributed by atoms with Crippen molar-refractivity contribution in [2.45, 2.75) is 93.7 Å². The number of benzene rings is 2. The molecule has 0 spiro atoms. The third-order valence-electron chi connectivity index (χ3n) is 7.29. The van der Waals surface area contributed by atoms with Crippen molar-refractivity contribution in [3.63, 3.8) is 0 Å². The van der Waals surface area contributed by atoms with Gasteiger partial charge in [0.2, 0.25) is 10.0 Å². The summed E-state index contributed by atoms with van der Waals surface area (Å²) >= 11 is 0. The van der Waals surface area contributed by atoms with Gasteiger partial charge in [0.25, 0.3) is 0 Å². The molecule has 10 heteroatoms. The Hall–Kier alpha value is -2.69. The van der Waals surface area contributed by atoms with Crippen LogP contribution in [-0.4, -0.2) is 62.8 Å². The van der Waals surface area contributed by atoms with Crippen LogP contribution in [0.1, 0.15) is 70.6 Å². The second kappa shape index (κ2) is 13.9. The fraction of sp³-hybridized carbons (Fsp3) is 0.571. The highest BCUT2D eigenvalue weighted by atomic mass is 32.2. The lowest BCUT2D eigenvalue weighted by molar-refractivity contribution is -0.145. The topological polar surface area (TPSA) is 136 Å². The Morgan fingerprint density at radius 2 is 1.39 bits per heavy atom. The fourth-order valence-corrected chi connectivity index (χ4v) is 6.78. The number of aliphatic carboxylic acids is 2. The number of nitrogens with zero attached hydrogens (tertiary/aromatic N) is 1. The molecule has 0 bridgehead atoms. The highest BCUT2D eigenvalue weighted by Gasteiger charge is 2.28. The lowest BCUT2D eigenvalue weighted by Gasteiger charge is -2.30. The SMILES string of the molecule is C1CCC(NC2CCCCC2)CC1.CN(C)c1cccc2c(S(=O)(=O)NC(CC(=O)O)C(=O)O)cccc12. The molecule has 4 rings (SSSR count). The Balaban J connectivity index is 0.000000256.